The van der Waals surface area contributed by atoms with Crippen LogP contribution in [-0.2, 0) is 19.3 Å². The highest BCUT2D eigenvalue weighted by atomic mass is 32.2. The minimum atomic E-state index is -2.84. The molecule has 0 aromatic rings. The predicted molar refractivity (Wildman–Crippen MR) is 92.8 cm³/mol. The second-order valence-corrected chi connectivity index (χ2v) is 9.27. The number of nitrogens with zero attached hydrogens (tertiary/aromatic N) is 1. The summed E-state index contributed by atoms with van der Waals surface area (Å²) in [5.41, 5.74) is 0. The lowest BCUT2D eigenvalue weighted by Gasteiger charge is -2.22. The van der Waals surface area contributed by atoms with Gasteiger partial charge in [-0.1, -0.05) is 0 Å². The highest BCUT2D eigenvalue weighted by Crippen LogP contribution is 2.38. The number of nitrogens with one attached hydrogen (secondary N) is 2. The topological polar surface area (TPSA) is 89.0 Å². The first kappa shape index (κ1) is 17.9. The van der Waals surface area contributed by atoms with Crippen LogP contribution in [0.1, 0.15) is 39.0 Å². The van der Waals surface area contributed by atoms with Gasteiger partial charge in [0.05, 0.1) is 18.1 Å². The molecule has 2 heterocycles. The summed E-state index contributed by atoms with van der Waals surface area (Å²) < 4.78 is 35.0. The molecule has 2 saturated heterocycles. The molecule has 1 saturated carbocycles. The van der Waals surface area contributed by atoms with Crippen LogP contribution in [0, 0.1) is 5.92 Å². The number of ether oxygens (including phenoxy) is 2. The van der Waals surface area contributed by atoms with Crippen molar-refractivity contribution in [1.82, 2.24) is 10.6 Å². The number of hydrogen-bond acceptors (Lipinski definition) is 5. The molecule has 0 aromatic carbocycles. The molecule has 0 bridgehead atoms. The van der Waals surface area contributed by atoms with Gasteiger partial charge in [0.1, 0.15) is 6.10 Å². The van der Waals surface area contributed by atoms with Gasteiger partial charge < -0.3 is 20.1 Å². The lowest BCUT2D eigenvalue weighted by molar-refractivity contribution is -0.160. The molecular weight excluding hydrogens is 330 g/mol. The van der Waals surface area contributed by atoms with Crippen LogP contribution in [0.4, 0.5) is 0 Å². The van der Waals surface area contributed by atoms with Crippen LogP contribution in [0.25, 0.3) is 0 Å². The number of aliphatic imine (C=N–C) groups is 1. The average molecular weight is 359 g/mol. The molecule has 0 aromatic heterocycles. The SMILES string of the molecule is CCNC(=NCC1CCS(=O)(=O)C1)NCC1COC2(CCCC2)O1. The Labute approximate surface area is 144 Å². The van der Waals surface area contributed by atoms with Gasteiger partial charge in [0, 0.05) is 32.5 Å². The third kappa shape index (κ3) is 4.61. The van der Waals surface area contributed by atoms with Gasteiger partial charge in [0.15, 0.2) is 21.6 Å². The quantitative estimate of drug-likeness (QED) is 0.554. The van der Waals surface area contributed by atoms with Crippen molar-refractivity contribution in [3.8, 4) is 0 Å². The van der Waals surface area contributed by atoms with Gasteiger partial charge in [-0.3, -0.25) is 4.99 Å². The van der Waals surface area contributed by atoms with E-state index in [-0.39, 0.29) is 23.6 Å². The van der Waals surface area contributed by atoms with Crippen molar-refractivity contribution < 1.29 is 17.9 Å². The molecule has 1 aliphatic carbocycles. The van der Waals surface area contributed by atoms with Crippen molar-refractivity contribution in [2.24, 2.45) is 10.9 Å². The molecule has 3 aliphatic rings. The Morgan fingerprint density at radius 3 is 2.75 bits per heavy atom. The van der Waals surface area contributed by atoms with Gasteiger partial charge in [-0.05, 0) is 32.1 Å². The summed E-state index contributed by atoms with van der Waals surface area (Å²) in [4.78, 5) is 4.54. The average Bonchev–Trinajstić information content (AvgIpc) is 3.25. The monoisotopic (exact) mass is 359 g/mol. The van der Waals surface area contributed by atoms with E-state index < -0.39 is 9.84 Å². The van der Waals surface area contributed by atoms with Crippen molar-refractivity contribution in [3.05, 3.63) is 0 Å². The molecule has 2 aliphatic heterocycles. The van der Waals surface area contributed by atoms with E-state index in [4.69, 9.17) is 9.47 Å². The number of guanidine groups is 1. The van der Waals surface area contributed by atoms with E-state index in [0.717, 1.165) is 25.3 Å². The molecule has 24 heavy (non-hydrogen) atoms. The van der Waals surface area contributed by atoms with E-state index >= 15 is 0 Å². The third-order valence-corrected chi connectivity index (χ3v) is 6.79. The minimum absolute atomic E-state index is 0.0406. The fraction of sp³-hybridized carbons (Fsp3) is 0.938. The number of sulfone groups is 1. The van der Waals surface area contributed by atoms with Gasteiger partial charge in [0.25, 0.3) is 0 Å². The molecule has 2 N–H and O–H groups in total. The first-order valence-electron chi connectivity index (χ1n) is 9.05. The molecule has 8 heteroatoms. The normalized spacial score (nSPS) is 31.6. The zero-order chi connectivity index (χ0) is 17.0. The van der Waals surface area contributed by atoms with Crippen LogP contribution in [0.15, 0.2) is 4.99 Å². The standard InChI is InChI=1S/C16H29N3O4S/c1-2-17-15(18-9-13-5-8-24(20,21)12-13)19-10-14-11-22-16(23-14)6-3-4-7-16/h13-14H,2-12H2,1H3,(H2,17,18,19). The number of hydrogen-bond donors (Lipinski definition) is 2. The summed E-state index contributed by atoms with van der Waals surface area (Å²) in [5.74, 6) is 1.08. The largest absolute Gasteiger partial charge is 0.357 e. The minimum Gasteiger partial charge on any atom is -0.357 e. The van der Waals surface area contributed by atoms with E-state index in [0.29, 0.717) is 31.9 Å². The zero-order valence-electron chi connectivity index (χ0n) is 14.4. The lowest BCUT2D eigenvalue weighted by Crippen LogP contribution is -2.42. The van der Waals surface area contributed by atoms with E-state index in [1.165, 1.54) is 12.8 Å². The smallest absolute Gasteiger partial charge is 0.191 e. The van der Waals surface area contributed by atoms with E-state index in [2.05, 4.69) is 15.6 Å². The molecule has 0 amide bonds. The Balaban J connectivity index is 1.46. The molecule has 7 nitrogen and oxygen atoms in total. The Kier molecular flexibility index (Phi) is 5.66. The first-order valence-corrected chi connectivity index (χ1v) is 10.9. The van der Waals surface area contributed by atoms with Crippen molar-refractivity contribution >= 4 is 15.8 Å². The summed E-state index contributed by atoms with van der Waals surface area (Å²) in [6, 6.07) is 0. The summed E-state index contributed by atoms with van der Waals surface area (Å²) in [5, 5.41) is 6.50. The Morgan fingerprint density at radius 1 is 1.29 bits per heavy atom. The Hall–Kier alpha value is -0.860. The molecule has 2 unspecified atom stereocenters. The molecule has 138 valence electrons. The fourth-order valence-electron chi connectivity index (χ4n) is 3.68. The van der Waals surface area contributed by atoms with Crippen LogP contribution in [0.3, 0.4) is 0 Å². The van der Waals surface area contributed by atoms with Crippen molar-refractivity contribution in [3.63, 3.8) is 0 Å². The first-order chi connectivity index (χ1) is 11.5. The van der Waals surface area contributed by atoms with Gasteiger partial charge in [-0.15, -0.1) is 0 Å². The summed E-state index contributed by atoms with van der Waals surface area (Å²) >= 11 is 0. The molecule has 3 rings (SSSR count). The lowest BCUT2D eigenvalue weighted by atomic mass is 10.1. The zero-order valence-corrected chi connectivity index (χ0v) is 15.2. The van der Waals surface area contributed by atoms with Crippen LogP contribution < -0.4 is 10.6 Å². The maximum absolute atomic E-state index is 11.5. The maximum Gasteiger partial charge on any atom is 0.191 e. The van der Waals surface area contributed by atoms with Crippen LogP contribution in [0.5, 0.6) is 0 Å². The van der Waals surface area contributed by atoms with E-state index in [1.807, 2.05) is 6.92 Å². The molecule has 1 spiro atoms. The maximum atomic E-state index is 11.5. The van der Waals surface area contributed by atoms with Gasteiger partial charge in [0.2, 0.25) is 0 Å². The van der Waals surface area contributed by atoms with E-state index in [9.17, 15) is 8.42 Å². The van der Waals surface area contributed by atoms with Crippen molar-refractivity contribution in [1.29, 1.82) is 0 Å². The summed E-state index contributed by atoms with van der Waals surface area (Å²) in [7, 11) is -2.84. The second-order valence-electron chi connectivity index (χ2n) is 7.04. The predicted octanol–water partition coefficient (Wildman–Crippen LogP) is 0.662. The fourth-order valence-corrected chi connectivity index (χ4v) is 5.53. The van der Waals surface area contributed by atoms with Crippen LogP contribution >= 0.6 is 0 Å². The number of rotatable bonds is 5. The Bertz CT molecular complexity index is 558. The Morgan fingerprint density at radius 2 is 2.08 bits per heavy atom. The molecule has 0 radical (unpaired) electrons. The molecule has 2 atom stereocenters. The molecule has 3 fully saturated rings. The van der Waals surface area contributed by atoms with Crippen molar-refractivity contribution in [2.75, 3.05) is 37.7 Å². The third-order valence-electron chi connectivity index (χ3n) is 4.95. The van der Waals surface area contributed by atoms with Crippen LogP contribution in [-0.4, -0.2) is 64.0 Å². The van der Waals surface area contributed by atoms with Crippen LogP contribution in [0.2, 0.25) is 0 Å². The summed E-state index contributed by atoms with van der Waals surface area (Å²) in [6.45, 7) is 4.59. The van der Waals surface area contributed by atoms with Gasteiger partial charge in [-0.25, -0.2) is 8.42 Å². The van der Waals surface area contributed by atoms with Gasteiger partial charge >= 0.3 is 0 Å². The highest BCUT2D eigenvalue weighted by Gasteiger charge is 2.43. The highest BCUT2D eigenvalue weighted by molar-refractivity contribution is 7.91. The summed E-state index contributed by atoms with van der Waals surface area (Å²) in [6.07, 6.45) is 5.09. The second kappa shape index (κ2) is 7.58. The van der Waals surface area contributed by atoms with E-state index in [1.54, 1.807) is 0 Å². The van der Waals surface area contributed by atoms with Crippen molar-refractivity contribution in [2.45, 2.75) is 50.9 Å². The molecular formula is C16H29N3O4S. The van der Waals surface area contributed by atoms with Gasteiger partial charge in [-0.2, -0.15) is 0 Å².